The second-order valence-electron chi connectivity index (χ2n) is 8.56. The second-order valence-corrected chi connectivity index (χ2v) is 8.56. The topological polar surface area (TPSA) is 38.7 Å². The van der Waals surface area contributed by atoms with Gasteiger partial charge in [-0.05, 0) is 16.7 Å². The molecule has 0 aliphatic rings. The summed E-state index contributed by atoms with van der Waals surface area (Å²) in [5.74, 6) is 1.31. The van der Waals surface area contributed by atoms with Gasteiger partial charge < -0.3 is 14.6 Å². The van der Waals surface area contributed by atoms with Gasteiger partial charge in [0.05, 0.1) is 7.11 Å². The van der Waals surface area contributed by atoms with Crippen molar-refractivity contribution in [2.45, 2.75) is 12.7 Å². The van der Waals surface area contributed by atoms with E-state index in [1.54, 1.807) is 7.11 Å². The average molecular weight is 473 g/mol. The lowest BCUT2D eigenvalue weighted by Crippen LogP contribution is -2.08. The molecule has 5 aromatic rings. The molecule has 5 rings (SSSR count). The zero-order valence-electron chi connectivity index (χ0n) is 20.2. The monoisotopic (exact) mass is 472 g/mol. The third kappa shape index (κ3) is 4.88. The van der Waals surface area contributed by atoms with Crippen molar-refractivity contribution >= 4 is 0 Å². The van der Waals surface area contributed by atoms with Crippen LogP contribution in [0.3, 0.4) is 0 Å². The Morgan fingerprint density at radius 3 is 1.56 bits per heavy atom. The van der Waals surface area contributed by atoms with Gasteiger partial charge in [0.25, 0.3) is 0 Å². The van der Waals surface area contributed by atoms with E-state index in [1.165, 1.54) is 0 Å². The van der Waals surface area contributed by atoms with Crippen molar-refractivity contribution in [2.24, 2.45) is 0 Å². The van der Waals surface area contributed by atoms with E-state index in [4.69, 9.17) is 9.47 Å². The van der Waals surface area contributed by atoms with Crippen LogP contribution in [-0.2, 0) is 6.61 Å². The highest BCUT2D eigenvalue weighted by Crippen LogP contribution is 2.43. The van der Waals surface area contributed by atoms with Crippen LogP contribution in [-0.4, -0.2) is 12.2 Å². The number of para-hydroxylation sites is 2. The van der Waals surface area contributed by atoms with Gasteiger partial charge in [0.2, 0.25) is 0 Å². The van der Waals surface area contributed by atoms with Crippen LogP contribution in [0.4, 0.5) is 0 Å². The average Bonchev–Trinajstić information content (AvgIpc) is 2.96. The van der Waals surface area contributed by atoms with E-state index in [1.807, 2.05) is 115 Å². The number of hydrogen-bond acceptors (Lipinski definition) is 3. The molecule has 0 aliphatic carbocycles. The van der Waals surface area contributed by atoms with Gasteiger partial charge in [-0.1, -0.05) is 127 Å². The second kappa shape index (κ2) is 10.9. The van der Waals surface area contributed by atoms with Crippen molar-refractivity contribution in [3.63, 3.8) is 0 Å². The molecule has 1 atom stereocenters. The Hall–Kier alpha value is -4.34. The minimum atomic E-state index is -0.946. The lowest BCUT2D eigenvalue weighted by atomic mass is 9.92. The van der Waals surface area contributed by atoms with Crippen molar-refractivity contribution in [2.75, 3.05) is 7.11 Å². The molecule has 0 saturated heterocycles. The smallest absolute Gasteiger partial charge is 0.133 e. The van der Waals surface area contributed by atoms with E-state index in [2.05, 4.69) is 12.1 Å². The fourth-order valence-corrected chi connectivity index (χ4v) is 4.52. The number of hydrogen-bond donors (Lipinski definition) is 1. The van der Waals surface area contributed by atoms with Crippen molar-refractivity contribution in [3.8, 4) is 33.8 Å². The zero-order chi connectivity index (χ0) is 24.7. The van der Waals surface area contributed by atoms with Gasteiger partial charge in [-0.3, -0.25) is 0 Å². The van der Waals surface area contributed by atoms with E-state index >= 15 is 0 Å². The molecule has 0 aromatic heterocycles. The molecule has 0 heterocycles. The third-order valence-corrected chi connectivity index (χ3v) is 6.28. The molecule has 178 valence electrons. The number of aliphatic hydroxyl groups excluding tert-OH is 1. The summed E-state index contributed by atoms with van der Waals surface area (Å²) in [6, 6.07) is 42.0. The lowest BCUT2D eigenvalue weighted by Gasteiger charge is -2.22. The molecule has 3 heteroatoms. The lowest BCUT2D eigenvalue weighted by molar-refractivity contribution is 0.205. The standard InChI is InChI=1S/C33H28O3/c1-35-32-27(25-15-7-3-8-16-25)19-11-21-29(32)31(34)30-22-12-20-28(26-17-9-4-10-18-26)33(30)36-23-24-13-5-2-6-14-24/h2-22,31,34H,23H2,1H3. The van der Waals surface area contributed by atoms with E-state index in [0.717, 1.165) is 27.8 Å². The van der Waals surface area contributed by atoms with E-state index in [-0.39, 0.29) is 0 Å². The van der Waals surface area contributed by atoms with Crippen LogP contribution in [0, 0.1) is 0 Å². The van der Waals surface area contributed by atoms with Gasteiger partial charge in [0.1, 0.15) is 24.2 Å². The van der Waals surface area contributed by atoms with E-state index in [9.17, 15) is 5.11 Å². The minimum absolute atomic E-state index is 0.394. The molecule has 36 heavy (non-hydrogen) atoms. The summed E-state index contributed by atoms with van der Waals surface area (Å²) >= 11 is 0. The molecular formula is C33H28O3. The first-order chi connectivity index (χ1) is 17.8. The Balaban J connectivity index is 1.61. The Morgan fingerprint density at radius 1 is 0.556 bits per heavy atom. The quantitative estimate of drug-likeness (QED) is 0.252. The molecule has 0 fully saturated rings. The van der Waals surface area contributed by atoms with Crippen LogP contribution in [0.2, 0.25) is 0 Å². The summed E-state index contributed by atoms with van der Waals surface area (Å²) in [4.78, 5) is 0. The first kappa shape index (κ1) is 23.4. The van der Waals surface area contributed by atoms with Crippen LogP contribution in [0.1, 0.15) is 22.8 Å². The van der Waals surface area contributed by atoms with Crippen LogP contribution < -0.4 is 9.47 Å². The Morgan fingerprint density at radius 2 is 1.03 bits per heavy atom. The number of methoxy groups -OCH3 is 1. The van der Waals surface area contributed by atoms with Crippen LogP contribution in [0.25, 0.3) is 22.3 Å². The normalized spacial score (nSPS) is 11.6. The fourth-order valence-electron chi connectivity index (χ4n) is 4.52. The predicted octanol–water partition coefficient (Wildman–Crippen LogP) is 7.69. The molecule has 5 aromatic carbocycles. The summed E-state index contributed by atoms with van der Waals surface area (Å²) in [5.41, 5.74) is 6.36. The summed E-state index contributed by atoms with van der Waals surface area (Å²) in [6.07, 6.45) is -0.946. The van der Waals surface area contributed by atoms with Gasteiger partial charge in [-0.2, -0.15) is 0 Å². The largest absolute Gasteiger partial charge is 0.496 e. The molecule has 0 amide bonds. The number of benzene rings is 5. The van der Waals surface area contributed by atoms with E-state index in [0.29, 0.717) is 29.2 Å². The molecule has 0 radical (unpaired) electrons. The highest BCUT2D eigenvalue weighted by atomic mass is 16.5. The summed E-state index contributed by atoms with van der Waals surface area (Å²) in [5, 5.41) is 11.8. The van der Waals surface area contributed by atoms with Gasteiger partial charge in [-0.25, -0.2) is 0 Å². The van der Waals surface area contributed by atoms with Gasteiger partial charge in [-0.15, -0.1) is 0 Å². The maximum Gasteiger partial charge on any atom is 0.133 e. The Bertz CT molecular complexity index is 1410. The maximum atomic E-state index is 11.8. The maximum absolute atomic E-state index is 11.8. The number of ether oxygens (including phenoxy) is 2. The SMILES string of the molecule is COc1c(-c2ccccc2)cccc1C(O)c1cccc(-c2ccccc2)c1OCc1ccccc1. The van der Waals surface area contributed by atoms with Crippen molar-refractivity contribution < 1.29 is 14.6 Å². The predicted molar refractivity (Wildman–Crippen MR) is 145 cm³/mol. The number of aliphatic hydroxyl groups is 1. The zero-order valence-corrected chi connectivity index (χ0v) is 20.2. The van der Waals surface area contributed by atoms with Crippen LogP contribution in [0.5, 0.6) is 11.5 Å². The molecule has 1 N–H and O–H groups in total. The highest BCUT2D eigenvalue weighted by Gasteiger charge is 2.24. The van der Waals surface area contributed by atoms with Gasteiger partial charge >= 0.3 is 0 Å². The summed E-state index contributed by atoms with van der Waals surface area (Å²) < 4.78 is 12.3. The first-order valence-corrected chi connectivity index (χ1v) is 12.0. The molecule has 3 nitrogen and oxygen atoms in total. The third-order valence-electron chi connectivity index (χ3n) is 6.28. The molecule has 1 unspecified atom stereocenters. The van der Waals surface area contributed by atoms with Crippen LogP contribution in [0.15, 0.2) is 127 Å². The van der Waals surface area contributed by atoms with Crippen molar-refractivity contribution in [3.05, 3.63) is 144 Å². The van der Waals surface area contributed by atoms with Crippen LogP contribution >= 0.6 is 0 Å². The molecule has 0 bridgehead atoms. The number of rotatable bonds is 8. The Labute approximate surface area is 212 Å². The highest BCUT2D eigenvalue weighted by molar-refractivity contribution is 5.75. The first-order valence-electron chi connectivity index (χ1n) is 12.0. The van der Waals surface area contributed by atoms with Gasteiger partial charge in [0.15, 0.2) is 0 Å². The van der Waals surface area contributed by atoms with Gasteiger partial charge in [0, 0.05) is 22.3 Å². The minimum Gasteiger partial charge on any atom is -0.496 e. The summed E-state index contributed by atoms with van der Waals surface area (Å²) in [7, 11) is 1.64. The summed E-state index contributed by atoms with van der Waals surface area (Å²) in [6.45, 7) is 0.394. The molecule has 0 spiro atoms. The Kier molecular flexibility index (Phi) is 7.11. The van der Waals surface area contributed by atoms with Crippen molar-refractivity contribution in [1.29, 1.82) is 0 Å². The molecule has 0 aliphatic heterocycles. The molecule has 0 saturated carbocycles. The fraction of sp³-hybridized carbons (Fsp3) is 0.0909. The molecular weight excluding hydrogens is 444 g/mol. The van der Waals surface area contributed by atoms with Crippen molar-refractivity contribution in [1.82, 2.24) is 0 Å². The van der Waals surface area contributed by atoms with E-state index < -0.39 is 6.10 Å².